The van der Waals surface area contributed by atoms with E-state index in [1.807, 2.05) is 0 Å². The molecular formula is C11H16N4O2. The lowest BCUT2D eigenvalue weighted by Gasteiger charge is -2.19. The van der Waals surface area contributed by atoms with Crippen LogP contribution in [0.3, 0.4) is 0 Å². The summed E-state index contributed by atoms with van der Waals surface area (Å²) in [7, 11) is 0. The van der Waals surface area contributed by atoms with Crippen LogP contribution in [0, 0.1) is 0 Å². The summed E-state index contributed by atoms with van der Waals surface area (Å²) in [6, 6.07) is 1.68. The molecule has 0 radical (unpaired) electrons. The molecule has 0 aliphatic carbocycles. The Morgan fingerprint density at radius 1 is 1.59 bits per heavy atom. The average molecular weight is 236 g/mol. The zero-order chi connectivity index (χ0) is 12.3. The van der Waals surface area contributed by atoms with Crippen molar-refractivity contribution in [2.24, 2.45) is 0 Å². The van der Waals surface area contributed by atoms with Gasteiger partial charge in [-0.25, -0.2) is 9.97 Å². The Morgan fingerprint density at radius 3 is 3.18 bits per heavy atom. The van der Waals surface area contributed by atoms with Crippen LogP contribution in [0.5, 0.6) is 0 Å². The third-order valence-electron chi connectivity index (χ3n) is 2.62. The molecule has 0 bridgehead atoms. The first kappa shape index (κ1) is 11.9. The molecule has 1 fully saturated rings. The molecule has 0 spiro atoms. The molecule has 0 saturated carbocycles. The Labute approximate surface area is 99.7 Å². The molecule has 1 aliphatic rings. The first-order valence-corrected chi connectivity index (χ1v) is 5.70. The van der Waals surface area contributed by atoms with Gasteiger partial charge in [-0.05, 0) is 26.0 Å². The molecule has 6 nitrogen and oxygen atoms in total. The summed E-state index contributed by atoms with van der Waals surface area (Å²) in [6.45, 7) is 2.88. The molecule has 1 aliphatic heterocycles. The van der Waals surface area contributed by atoms with Gasteiger partial charge in [-0.1, -0.05) is 0 Å². The van der Waals surface area contributed by atoms with Gasteiger partial charge < -0.3 is 5.11 Å². The van der Waals surface area contributed by atoms with Gasteiger partial charge >= 0.3 is 0 Å². The predicted molar refractivity (Wildman–Crippen MR) is 62.3 cm³/mol. The number of aliphatic hydroxyl groups excluding tert-OH is 1. The fourth-order valence-corrected chi connectivity index (χ4v) is 1.70. The third-order valence-corrected chi connectivity index (χ3v) is 2.62. The van der Waals surface area contributed by atoms with E-state index in [-0.39, 0.29) is 5.91 Å². The highest BCUT2D eigenvalue weighted by Gasteiger charge is 2.19. The van der Waals surface area contributed by atoms with Crippen LogP contribution in [-0.2, 0) is 4.79 Å². The standard InChI is InChI=1S/C11H16N4O2/c1-8(16)11-13-6-4-9(14-11)15-7-12-5-2-3-10(15)17/h4,6,8,12,16H,2-3,5,7H2,1H3. The predicted octanol–water partition coefficient (Wildman–Crippen LogP) is 0.204. The molecule has 1 aromatic heterocycles. The van der Waals surface area contributed by atoms with Gasteiger partial charge in [0.05, 0.1) is 6.67 Å². The van der Waals surface area contributed by atoms with Gasteiger partial charge in [0.1, 0.15) is 11.9 Å². The summed E-state index contributed by atoms with van der Waals surface area (Å²) in [5.41, 5.74) is 0. The molecule has 2 rings (SSSR count). The van der Waals surface area contributed by atoms with Crippen LogP contribution in [0.15, 0.2) is 12.3 Å². The van der Waals surface area contributed by atoms with Crippen LogP contribution >= 0.6 is 0 Å². The number of nitrogens with zero attached hydrogens (tertiary/aromatic N) is 3. The number of hydrogen-bond donors (Lipinski definition) is 2. The fraction of sp³-hybridized carbons (Fsp3) is 0.545. The Balaban J connectivity index is 2.25. The zero-order valence-electron chi connectivity index (χ0n) is 9.76. The van der Waals surface area contributed by atoms with Crippen molar-refractivity contribution in [3.05, 3.63) is 18.1 Å². The molecule has 2 heterocycles. The molecule has 6 heteroatoms. The minimum Gasteiger partial charge on any atom is -0.385 e. The minimum absolute atomic E-state index is 0.0465. The quantitative estimate of drug-likeness (QED) is 0.767. The van der Waals surface area contributed by atoms with Crippen LogP contribution in [0.25, 0.3) is 0 Å². The first-order valence-electron chi connectivity index (χ1n) is 5.70. The number of hydrogen-bond acceptors (Lipinski definition) is 5. The molecule has 92 valence electrons. The van der Waals surface area contributed by atoms with Gasteiger partial charge in [-0.15, -0.1) is 0 Å². The molecule has 2 N–H and O–H groups in total. The fourth-order valence-electron chi connectivity index (χ4n) is 1.70. The van der Waals surface area contributed by atoms with E-state index >= 15 is 0 Å². The largest absolute Gasteiger partial charge is 0.385 e. The van der Waals surface area contributed by atoms with Crippen molar-refractivity contribution in [3.8, 4) is 0 Å². The van der Waals surface area contributed by atoms with Crippen molar-refractivity contribution in [2.75, 3.05) is 18.1 Å². The normalized spacial score (nSPS) is 18.9. The van der Waals surface area contributed by atoms with E-state index in [1.54, 1.807) is 24.1 Å². The smallest absolute Gasteiger partial charge is 0.229 e. The van der Waals surface area contributed by atoms with Gasteiger partial charge in [0.25, 0.3) is 0 Å². The molecule has 1 aromatic rings. The van der Waals surface area contributed by atoms with Crippen molar-refractivity contribution in [1.29, 1.82) is 0 Å². The van der Waals surface area contributed by atoms with E-state index in [2.05, 4.69) is 15.3 Å². The number of rotatable bonds is 2. The third kappa shape index (κ3) is 2.78. The van der Waals surface area contributed by atoms with Gasteiger partial charge in [-0.3, -0.25) is 15.0 Å². The van der Waals surface area contributed by atoms with Crippen molar-refractivity contribution in [3.63, 3.8) is 0 Å². The Hall–Kier alpha value is -1.53. The van der Waals surface area contributed by atoms with Crippen molar-refractivity contribution >= 4 is 11.7 Å². The summed E-state index contributed by atoms with van der Waals surface area (Å²) in [5.74, 6) is 0.917. The molecular weight excluding hydrogens is 220 g/mol. The molecule has 1 amide bonds. The summed E-state index contributed by atoms with van der Waals surface area (Å²) >= 11 is 0. The van der Waals surface area contributed by atoms with Gasteiger partial charge in [0.15, 0.2) is 5.82 Å². The number of carbonyl (C=O) groups is 1. The lowest BCUT2D eigenvalue weighted by molar-refractivity contribution is -0.118. The molecule has 1 unspecified atom stereocenters. The number of aliphatic hydroxyl groups is 1. The summed E-state index contributed by atoms with van der Waals surface area (Å²) in [4.78, 5) is 21.6. The van der Waals surface area contributed by atoms with Crippen LogP contribution in [-0.4, -0.2) is 34.2 Å². The highest BCUT2D eigenvalue weighted by atomic mass is 16.3. The summed E-state index contributed by atoms with van der Waals surface area (Å²) in [6.07, 6.45) is 2.18. The van der Waals surface area contributed by atoms with E-state index in [9.17, 15) is 9.90 Å². The first-order chi connectivity index (χ1) is 8.18. The zero-order valence-corrected chi connectivity index (χ0v) is 9.76. The van der Waals surface area contributed by atoms with Crippen LogP contribution in [0.1, 0.15) is 31.7 Å². The Kier molecular flexibility index (Phi) is 3.65. The maximum absolute atomic E-state index is 11.9. The van der Waals surface area contributed by atoms with Crippen molar-refractivity contribution in [2.45, 2.75) is 25.9 Å². The van der Waals surface area contributed by atoms with Crippen molar-refractivity contribution < 1.29 is 9.90 Å². The lowest BCUT2D eigenvalue weighted by Crippen LogP contribution is -2.36. The van der Waals surface area contributed by atoms with E-state index < -0.39 is 6.10 Å². The number of amides is 1. The summed E-state index contributed by atoms with van der Waals surface area (Å²) < 4.78 is 0. The second-order valence-corrected chi connectivity index (χ2v) is 4.03. The van der Waals surface area contributed by atoms with E-state index in [4.69, 9.17) is 0 Å². The minimum atomic E-state index is -0.731. The maximum Gasteiger partial charge on any atom is 0.229 e. The van der Waals surface area contributed by atoms with E-state index in [1.165, 1.54) is 0 Å². The Morgan fingerprint density at radius 2 is 2.41 bits per heavy atom. The number of carbonyl (C=O) groups excluding carboxylic acids is 1. The molecule has 1 atom stereocenters. The highest BCUT2D eigenvalue weighted by molar-refractivity contribution is 5.92. The molecule has 17 heavy (non-hydrogen) atoms. The van der Waals surface area contributed by atoms with Gasteiger partial charge in [0, 0.05) is 12.6 Å². The number of anilines is 1. The monoisotopic (exact) mass is 236 g/mol. The Bertz CT molecular complexity index is 408. The molecule has 1 saturated heterocycles. The number of nitrogens with one attached hydrogen (secondary N) is 1. The second kappa shape index (κ2) is 5.20. The second-order valence-electron chi connectivity index (χ2n) is 4.03. The lowest BCUT2D eigenvalue weighted by atomic mass is 10.3. The maximum atomic E-state index is 11.9. The molecule has 0 aromatic carbocycles. The summed E-state index contributed by atoms with van der Waals surface area (Å²) in [5, 5.41) is 12.6. The van der Waals surface area contributed by atoms with Crippen LogP contribution < -0.4 is 10.2 Å². The number of aromatic nitrogens is 2. The van der Waals surface area contributed by atoms with E-state index in [0.717, 1.165) is 13.0 Å². The van der Waals surface area contributed by atoms with Crippen LogP contribution in [0.2, 0.25) is 0 Å². The average Bonchev–Trinajstić information content (AvgIpc) is 2.54. The van der Waals surface area contributed by atoms with Crippen LogP contribution in [0.4, 0.5) is 5.82 Å². The SMILES string of the molecule is CC(O)c1nccc(N2CNCCCC2=O)n1. The highest BCUT2D eigenvalue weighted by Crippen LogP contribution is 2.15. The van der Waals surface area contributed by atoms with E-state index in [0.29, 0.717) is 24.7 Å². The van der Waals surface area contributed by atoms with Crippen molar-refractivity contribution in [1.82, 2.24) is 15.3 Å². The van der Waals surface area contributed by atoms with Gasteiger partial charge in [-0.2, -0.15) is 0 Å². The topological polar surface area (TPSA) is 78.4 Å². The van der Waals surface area contributed by atoms with Gasteiger partial charge in [0.2, 0.25) is 5.91 Å².